The molecule has 1 heterocycles. The summed E-state index contributed by atoms with van der Waals surface area (Å²) in [7, 11) is 0. The molecule has 1 fully saturated rings. The number of rotatable bonds is 3. The second-order valence-electron chi connectivity index (χ2n) is 4.26. The molecule has 3 nitrogen and oxygen atoms in total. The summed E-state index contributed by atoms with van der Waals surface area (Å²) in [6.45, 7) is 1.58. The Morgan fingerprint density at radius 3 is 2.87 bits per heavy atom. The van der Waals surface area contributed by atoms with Crippen LogP contribution in [0.2, 0.25) is 0 Å². The molecule has 3 heteroatoms. The Morgan fingerprint density at radius 2 is 2.20 bits per heavy atom. The number of hydrogen-bond donors (Lipinski definition) is 0. The Kier molecular flexibility index (Phi) is 3.09. The van der Waals surface area contributed by atoms with Crippen molar-refractivity contribution in [2.45, 2.75) is 44.9 Å². The summed E-state index contributed by atoms with van der Waals surface area (Å²) in [4.78, 5) is 19.5. The molecule has 0 saturated heterocycles. The highest BCUT2D eigenvalue weighted by Gasteiger charge is 2.18. The van der Waals surface area contributed by atoms with E-state index in [2.05, 4.69) is 9.97 Å². The molecule has 0 spiro atoms. The number of carbonyl (C=O) groups excluding carboxylic acids is 1. The van der Waals surface area contributed by atoms with Gasteiger partial charge in [0.2, 0.25) is 0 Å². The Bertz CT molecular complexity index is 356. The van der Waals surface area contributed by atoms with Crippen LogP contribution in [0.3, 0.4) is 0 Å². The van der Waals surface area contributed by atoms with Gasteiger partial charge in [0.15, 0.2) is 0 Å². The van der Waals surface area contributed by atoms with E-state index in [1.807, 2.05) is 6.07 Å². The summed E-state index contributed by atoms with van der Waals surface area (Å²) >= 11 is 0. The minimum Gasteiger partial charge on any atom is -0.300 e. The summed E-state index contributed by atoms with van der Waals surface area (Å²) in [6.07, 6.45) is 7.21. The minimum absolute atomic E-state index is 0.124. The van der Waals surface area contributed by atoms with Crippen LogP contribution in [0.4, 0.5) is 0 Å². The summed E-state index contributed by atoms with van der Waals surface area (Å²) < 4.78 is 0. The predicted molar refractivity (Wildman–Crippen MR) is 57.6 cm³/mol. The third-order valence-electron chi connectivity index (χ3n) is 2.91. The zero-order chi connectivity index (χ0) is 10.7. The molecular weight excluding hydrogens is 188 g/mol. The molecule has 0 atom stereocenters. The average Bonchev–Trinajstić information content (AvgIpc) is 2.69. The lowest BCUT2D eigenvalue weighted by Crippen LogP contribution is -2.06. The van der Waals surface area contributed by atoms with Crippen molar-refractivity contribution in [1.82, 2.24) is 9.97 Å². The van der Waals surface area contributed by atoms with Crippen LogP contribution in [-0.2, 0) is 11.2 Å². The van der Waals surface area contributed by atoms with Crippen molar-refractivity contribution in [3.05, 3.63) is 23.8 Å². The first-order valence-electron chi connectivity index (χ1n) is 5.57. The van der Waals surface area contributed by atoms with E-state index in [1.54, 1.807) is 13.1 Å². The van der Waals surface area contributed by atoms with E-state index in [1.165, 1.54) is 25.7 Å². The van der Waals surface area contributed by atoms with Crippen molar-refractivity contribution < 1.29 is 4.79 Å². The van der Waals surface area contributed by atoms with Gasteiger partial charge in [0, 0.05) is 17.8 Å². The molecule has 0 aromatic carbocycles. The van der Waals surface area contributed by atoms with Gasteiger partial charge < -0.3 is 0 Å². The number of carbonyl (C=O) groups is 1. The van der Waals surface area contributed by atoms with E-state index < -0.39 is 0 Å². The highest BCUT2D eigenvalue weighted by molar-refractivity contribution is 5.77. The van der Waals surface area contributed by atoms with Gasteiger partial charge in [-0.1, -0.05) is 12.8 Å². The monoisotopic (exact) mass is 204 g/mol. The first-order chi connectivity index (χ1) is 7.25. The molecule has 0 bridgehead atoms. The third-order valence-corrected chi connectivity index (χ3v) is 2.91. The van der Waals surface area contributed by atoms with Crippen LogP contribution in [0.5, 0.6) is 0 Å². The zero-order valence-electron chi connectivity index (χ0n) is 9.07. The third kappa shape index (κ3) is 2.61. The normalized spacial score (nSPS) is 16.9. The molecule has 2 rings (SSSR count). The van der Waals surface area contributed by atoms with Crippen molar-refractivity contribution in [1.29, 1.82) is 0 Å². The molecule has 0 unspecified atom stereocenters. The van der Waals surface area contributed by atoms with Crippen LogP contribution in [0, 0.1) is 0 Å². The Labute approximate surface area is 89.9 Å². The fraction of sp³-hybridized carbons (Fsp3) is 0.583. The molecule has 1 saturated carbocycles. The predicted octanol–water partition coefficient (Wildman–Crippen LogP) is 2.27. The molecule has 0 aliphatic heterocycles. The molecule has 15 heavy (non-hydrogen) atoms. The molecule has 80 valence electrons. The lowest BCUT2D eigenvalue weighted by molar-refractivity contribution is -0.116. The molecular formula is C12H16N2O. The first kappa shape index (κ1) is 10.3. The molecule has 1 aromatic heterocycles. The smallest absolute Gasteiger partial charge is 0.137 e. The molecule has 0 N–H and O–H groups in total. The van der Waals surface area contributed by atoms with Gasteiger partial charge in [-0.25, -0.2) is 9.97 Å². The van der Waals surface area contributed by atoms with Crippen molar-refractivity contribution in [2.24, 2.45) is 0 Å². The van der Waals surface area contributed by atoms with Gasteiger partial charge in [-0.3, -0.25) is 4.79 Å². The van der Waals surface area contributed by atoms with Gasteiger partial charge in [-0.05, 0) is 25.8 Å². The minimum atomic E-state index is 0.124. The average molecular weight is 204 g/mol. The fourth-order valence-corrected chi connectivity index (χ4v) is 2.17. The zero-order valence-corrected chi connectivity index (χ0v) is 9.07. The SMILES string of the molecule is CC(=O)Cc1nccc(C2CCCC2)n1. The fourth-order valence-electron chi connectivity index (χ4n) is 2.17. The van der Waals surface area contributed by atoms with Gasteiger partial charge in [0.25, 0.3) is 0 Å². The number of hydrogen-bond acceptors (Lipinski definition) is 3. The maximum absolute atomic E-state index is 11.0. The summed E-state index contributed by atoms with van der Waals surface area (Å²) in [5.74, 6) is 1.39. The molecule has 0 amide bonds. The van der Waals surface area contributed by atoms with E-state index in [4.69, 9.17) is 0 Å². The standard InChI is InChI=1S/C12H16N2O/c1-9(15)8-12-13-7-6-11(14-12)10-4-2-3-5-10/h6-7,10H,2-5,8H2,1H3. The van der Waals surface area contributed by atoms with Crippen molar-refractivity contribution >= 4 is 5.78 Å². The van der Waals surface area contributed by atoms with Crippen molar-refractivity contribution in [2.75, 3.05) is 0 Å². The lowest BCUT2D eigenvalue weighted by Gasteiger charge is -2.08. The summed E-state index contributed by atoms with van der Waals surface area (Å²) in [6, 6.07) is 1.99. The Hall–Kier alpha value is -1.25. The Balaban J connectivity index is 2.14. The second kappa shape index (κ2) is 4.51. The van der Waals surface area contributed by atoms with Gasteiger partial charge in [0.1, 0.15) is 11.6 Å². The first-order valence-corrected chi connectivity index (χ1v) is 5.57. The molecule has 1 aromatic rings. The van der Waals surface area contributed by atoms with Crippen LogP contribution in [0.1, 0.15) is 50.0 Å². The number of nitrogens with zero attached hydrogens (tertiary/aromatic N) is 2. The Morgan fingerprint density at radius 1 is 1.47 bits per heavy atom. The van der Waals surface area contributed by atoms with Gasteiger partial charge in [-0.15, -0.1) is 0 Å². The highest BCUT2D eigenvalue weighted by Crippen LogP contribution is 2.32. The van der Waals surface area contributed by atoms with E-state index in [-0.39, 0.29) is 5.78 Å². The van der Waals surface area contributed by atoms with Crippen LogP contribution in [-0.4, -0.2) is 15.8 Å². The summed E-state index contributed by atoms with van der Waals surface area (Å²) in [5.41, 5.74) is 1.12. The molecule has 0 radical (unpaired) electrons. The lowest BCUT2D eigenvalue weighted by atomic mass is 10.0. The molecule has 1 aliphatic carbocycles. The number of Topliss-reactive ketones (excluding diaryl/α,β-unsaturated/α-hetero) is 1. The van der Waals surface area contributed by atoms with Crippen LogP contribution in [0.25, 0.3) is 0 Å². The van der Waals surface area contributed by atoms with Crippen LogP contribution >= 0.6 is 0 Å². The number of aromatic nitrogens is 2. The maximum Gasteiger partial charge on any atom is 0.137 e. The van der Waals surface area contributed by atoms with Crippen LogP contribution < -0.4 is 0 Å². The maximum atomic E-state index is 11.0. The molecule has 1 aliphatic rings. The van der Waals surface area contributed by atoms with Crippen molar-refractivity contribution in [3.63, 3.8) is 0 Å². The van der Waals surface area contributed by atoms with Gasteiger partial charge >= 0.3 is 0 Å². The van der Waals surface area contributed by atoms with Gasteiger partial charge in [-0.2, -0.15) is 0 Å². The van der Waals surface area contributed by atoms with Gasteiger partial charge in [0.05, 0.1) is 6.42 Å². The quantitative estimate of drug-likeness (QED) is 0.758. The topological polar surface area (TPSA) is 42.9 Å². The van der Waals surface area contributed by atoms with E-state index in [0.29, 0.717) is 18.2 Å². The number of ketones is 1. The van der Waals surface area contributed by atoms with E-state index >= 15 is 0 Å². The summed E-state index contributed by atoms with van der Waals surface area (Å²) in [5, 5.41) is 0. The highest BCUT2D eigenvalue weighted by atomic mass is 16.1. The van der Waals surface area contributed by atoms with E-state index in [9.17, 15) is 4.79 Å². The second-order valence-corrected chi connectivity index (χ2v) is 4.26. The van der Waals surface area contributed by atoms with E-state index in [0.717, 1.165) is 5.69 Å². The van der Waals surface area contributed by atoms with Crippen molar-refractivity contribution in [3.8, 4) is 0 Å². The largest absolute Gasteiger partial charge is 0.300 e. The van der Waals surface area contributed by atoms with Crippen LogP contribution in [0.15, 0.2) is 12.3 Å².